The van der Waals surface area contributed by atoms with Crippen molar-refractivity contribution in [1.82, 2.24) is 4.98 Å². The fraction of sp³-hybridized carbons (Fsp3) is 0.250. The van der Waals surface area contributed by atoms with Gasteiger partial charge in [-0.1, -0.05) is 11.6 Å². The first-order chi connectivity index (χ1) is 6.42. The number of pyridine rings is 1. The van der Waals surface area contributed by atoms with Crippen LogP contribution < -0.4 is 0 Å². The lowest BCUT2D eigenvalue weighted by Gasteiger charge is -2.13. The van der Waals surface area contributed by atoms with Gasteiger partial charge in [-0.25, -0.2) is 13.8 Å². The van der Waals surface area contributed by atoms with Crippen molar-refractivity contribution in [2.75, 3.05) is 0 Å². The summed E-state index contributed by atoms with van der Waals surface area (Å²) < 4.78 is 26.1. The third-order valence-electron chi connectivity index (χ3n) is 1.52. The minimum Gasteiger partial charge on any atom is -0.481 e. The molecule has 0 fully saturated rings. The molecule has 0 saturated carbocycles. The maximum atomic E-state index is 13.1. The molecule has 0 bridgehead atoms. The van der Waals surface area contributed by atoms with E-state index in [0.717, 1.165) is 12.3 Å². The SMILES string of the molecule is O=C(O)CC(F)(F)c1ccc(Cl)nc1. The lowest BCUT2D eigenvalue weighted by atomic mass is 10.1. The molecule has 1 N–H and O–H groups in total. The Labute approximate surface area is 83.3 Å². The summed E-state index contributed by atoms with van der Waals surface area (Å²) in [5, 5.41) is 8.32. The molecular formula is C8H6ClF2NO2. The minimum absolute atomic E-state index is 0.0832. The van der Waals surface area contributed by atoms with E-state index in [4.69, 9.17) is 16.7 Å². The van der Waals surface area contributed by atoms with Crippen LogP contribution in [0.2, 0.25) is 5.15 Å². The van der Waals surface area contributed by atoms with Crippen molar-refractivity contribution in [1.29, 1.82) is 0 Å². The van der Waals surface area contributed by atoms with Crippen LogP contribution in [-0.2, 0) is 10.7 Å². The van der Waals surface area contributed by atoms with E-state index in [2.05, 4.69) is 4.98 Å². The number of rotatable bonds is 3. The van der Waals surface area contributed by atoms with Crippen LogP contribution in [0.25, 0.3) is 0 Å². The van der Waals surface area contributed by atoms with Gasteiger partial charge in [-0.2, -0.15) is 0 Å². The molecule has 14 heavy (non-hydrogen) atoms. The predicted octanol–water partition coefficient (Wildman–Crippen LogP) is 2.30. The summed E-state index contributed by atoms with van der Waals surface area (Å²) in [5.74, 6) is -4.98. The van der Waals surface area contributed by atoms with Gasteiger partial charge in [-0.05, 0) is 12.1 Å². The summed E-state index contributed by atoms with van der Waals surface area (Å²) in [6, 6.07) is 2.24. The molecule has 0 aliphatic carbocycles. The van der Waals surface area contributed by atoms with Gasteiger partial charge in [0.1, 0.15) is 11.6 Å². The van der Waals surface area contributed by atoms with E-state index in [-0.39, 0.29) is 5.15 Å². The third kappa shape index (κ3) is 2.63. The number of aliphatic carboxylic acids is 1. The highest BCUT2D eigenvalue weighted by molar-refractivity contribution is 6.29. The summed E-state index contributed by atoms with van der Waals surface area (Å²) in [7, 11) is 0. The zero-order valence-electron chi connectivity index (χ0n) is 6.88. The molecule has 3 nitrogen and oxygen atoms in total. The van der Waals surface area contributed by atoms with Gasteiger partial charge in [0.2, 0.25) is 0 Å². The van der Waals surface area contributed by atoms with E-state index in [1.165, 1.54) is 6.07 Å². The fourth-order valence-electron chi connectivity index (χ4n) is 0.884. The lowest BCUT2D eigenvalue weighted by molar-refractivity contribution is -0.145. The van der Waals surface area contributed by atoms with Gasteiger partial charge in [0.05, 0.1) is 0 Å². The third-order valence-corrected chi connectivity index (χ3v) is 1.75. The predicted molar refractivity (Wildman–Crippen MR) is 45.4 cm³/mol. The summed E-state index contributed by atoms with van der Waals surface area (Å²) in [6.45, 7) is 0. The van der Waals surface area contributed by atoms with Crippen molar-refractivity contribution in [3.05, 3.63) is 29.0 Å². The standard InChI is InChI=1S/C8H6ClF2NO2/c9-6-2-1-5(4-12-6)8(10,11)3-7(13)14/h1-2,4H,3H2,(H,13,14). The molecule has 0 aliphatic heterocycles. The number of hydrogen-bond donors (Lipinski definition) is 1. The second-order valence-corrected chi connectivity index (χ2v) is 3.03. The zero-order chi connectivity index (χ0) is 10.8. The van der Waals surface area contributed by atoms with Crippen molar-refractivity contribution in [2.24, 2.45) is 0 Å². The van der Waals surface area contributed by atoms with Gasteiger partial charge < -0.3 is 5.11 Å². The van der Waals surface area contributed by atoms with E-state index >= 15 is 0 Å². The number of carbonyl (C=O) groups is 1. The van der Waals surface area contributed by atoms with E-state index < -0.39 is 23.9 Å². The molecule has 1 aromatic heterocycles. The number of hydrogen-bond acceptors (Lipinski definition) is 2. The number of carboxylic acids is 1. The monoisotopic (exact) mass is 221 g/mol. The quantitative estimate of drug-likeness (QED) is 0.797. The molecule has 0 unspecified atom stereocenters. The van der Waals surface area contributed by atoms with E-state index in [1.54, 1.807) is 0 Å². The lowest BCUT2D eigenvalue weighted by Crippen LogP contribution is -2.18. The number of alkyl halides is 2. The maximum Gasteiger partial charge on any atom is 0.309 e. The highest BCUT2D eigenvalue weighted by atomic mass is 35.5. The molecule has 6 heteroatoms. The number of nitrogens with zero attached hydrogens (tertiary/aromatic N) is 1. The largest absolute Gasteiger partial charge is 0.481 e. The Morgan fingerprint density at radius 3 is 2.64 bits per heavy atom. The van der Waals surface area contributed by atoms with E-state index in [1.807, 2.05) is 0 Å². The molecule has 1 rings (SSSR count). The number of aromatic nitrogens is 1. The smallest absolute Gasteiger partial charge is 0.309 e. The van der Waals surface area contributed by atoms with Crippen molar-refractivity contribution in [3.8, 4) is 0 Å². The second kappa shape index (κ2) is 3.88. The number of carboxylic acid groups (broad SMARTS) is 1. The van der Waals surface area contributed by atoms with Crippen molar-refractivity contribution in [2.45, 2.75) is 12.3 Å². The van der Waals surface area contributed by atoms with Crippen LogP contribution in [0.15, 0.2) is 18.3 Å². The second-order valence-electron chi connectivity index (χ2n) is 2.64. The van der Waals surface area contributed by atoms with Crippen LogP contribution >= 0.6 is 11.6 Å². The van der Waals surface area contributed by atoms with E-state index in [0.29, 0.717) is 0 Å². The van der Waals surface area contributed by atoms with Crippen LogP contribution in [0.4, 0.5) is 8.78 Å². The van der Waals surface area contributed by atoms with Gasteiger partial charge >= 0.3 is 5.97 Å². The van der Waals surface area contributed by atoms with Gasteiger partial charge in [-0.15, -0.1) is 0 Å². The molecule has 76 valence electrons. The molecule has 1 heterocycles. The van der Waals surface area contributed by atoms with Crippen LogP contribution in [-0.4, -0.2) is 16.1 Å². The van der Waals surface area contributed by atoms with E-state index in [9.17, 15) is 13.6 Å². The highest BCUT2D eigenvalue weighted by Crippen LogP contribution is 2.31. The molecule has 0 radical (unpaired) electrons. The molecule has 0 aliphatic rings. The summed E-state index contributed by atoms with van der Waals surface area (Å²) >= 11 is 5.40. The Bertz CT molecular complexity index is 340. The molecule has 0 saturated heterocycles. The summed E-state index contributed by atoms with van der Waals surface area (Å²) in [4.78, 5) is 13.6. The molecule has 0 amide bonds. The first kappa shape index (κ1) is 10.8. The Morgan fingerprint density at radius 2 is 2.21 bits per heavy atom. The van der Waals surface area contributed by atoms with Crippen LogP contribution in [0.1, 0.15) is 12.0 Å². The van der Waals surface area contributed by atoms with Crippen LogP contribution in [0.5, 0.6) is 0 Å². The van der Waals surface area contributed by atoms with Gasteiger partial charge in [0, 0.05) is 11.8 Å². The Hall–Kier alpha value is -1.23. The van der Waals surface area contributed by atoms with Gasteiger partial charge in [0.25, 0.3) is 5.92 Å². The van der Waals surface area contributed by atoms with Gasteiger partial charge in [-0.3, -0.25) is 4.79 Å². The summed E-state index contributed by atoms with van der Waals surface area (Å²) in [6.07, 6.45) is -0.387. The minimum atomic E-state index is -3.41. The van der Waals surface area contributed by atoms with Gasteiger partial charge in [0.15, 0.2) is 0 Å². The molecule has 0 atom stereocenters. The first-order valence-corrected chi connectivity index (χ1v) is 4.01. The average molecular weight is 222 g/mol. The highest BCUT2D eigenvalue weighted by Gasteiger charge is 2.34. The molecular weight excluding hydrogens is 216 g/mol. The Morgan fingerprint density at radius 1 is 1.57 bits per heavy atom. The fourth-order valence-corrected chi connectivity index (χ4v) is 0.996. The molecule has 0 aromatic carbocycles. The van der Waals surface area contributed by atoms with Crippen molar-refractivity contribution < 1.29 is 18.7 Å². The molecule has 1 aromatic rings. The average Bonchev–Trinajstić information content (AvgIpc) is 2.02. The van der Waals surface area contributed by atoms with Crippen LogP contribution in [0, 0.1) is 0 Å². The van der Waals surface area contributed by atoms with Crippen molar-refractivity contribution in [3.63, 3.8) is 0 Å². The van der Waals surface area contributed by atoms with Crippen molar-refractivity contribution >= 4 is 17.6 Å². The number of halogens is 3. The summed E-state index contributed by atoms with van der Waals surface area (Å²) in [5.41, 5.74) is -0.454. The topological polar surface area (TPSA) is 50.2 Å². The Kier molecular flexibility index (Phi) is 3.00. The Balaban J connectivity index is 2.91. The zero-order valence-corrected chi connectivity index (χ0v) is 7.63. The normalized spacial score (nSPS) is 11.4. The maximum absolute atomic E-state index is 13.1. The first-order valence-electron chi connectivity index (χ1n) is 3.63. The van der Waals surface area contributed by atoms with Crippen LogP contribution in [0.3, 0.4) is 0 Å². The molecule has 0 spiro atoms.